The molecule has 2 aromatic rings. The Kier molecular flexibility index (Phi) is 8.07. The van der Waals surface area contributed by atoms with Gasteiger partial charge in [0.1, 0.15) is 5.69 Å². The van der Waals surface area contributed by atoms with Crippen molar-refractivity contribution in [1.29, 1.82) is 0 Å². The molecule has 9 heteroatoms. The first kappa shape index (κ1) is 25.5. The normalized spacial score (nSPS) is 16.5. The number of benzene rings is 2. The maximum Gasteiger partial charge on any atom is 0.293 e. The summed E-state index contributed by atoms with van der Waals surface area (Å²) in [7, 11) is 2.15. The lowest BCUT2D eigenvalue weighted by atomic mass is 9.94. The van der Waals surface area contributed by atoms with Crippen LogP contribution in [-0.4, -0.2) is 60.9 Å². The van der Waals surface area contributed by atoms with Crippen molar-refractivity contribution in [2.24, 2.45) is 0 Å². The number of nitro benzene ring substituents is 1. The van der Waals surface area contributed by atoms with Crippen molar-refractivity contribution in [3.05, 3.63) is 63.7 Å². The molecule has 1 N–H and O–H groups in total. The molecule has 36 heavy (non-hydrogen) atoms. The third kappa shape index (κ3) is 5.95. The molecule has 0 atom stereocenters. The quantitative estimate of drug-likeness (QED) is 0.463. The van der Waals surface area contributed by atoms with Gasteiger partial charge in [0.05, 0.1) is 4.92 Å². The molecular weight excluding hydrogens is 458 g/mol. The second-order valence-electron chi connectivity index (χ2n) is 9.71. The van der Waals surface area contributed by atoms with Gasteiger partial charge in [0.15, 0.2) is 0 Å². The van der Waals surface area contributed by atoms with E-state index in [1.807, 2.05) is 17.0 Å². The summed E-state index contributed by atoms with van der Waals surface area (Å²) in [6.07, 6.45) is 6.36. The number of hydrogen-bond donors (Lipinski definition) is 1. The van der Waals surface area contributed by atoms with Gasteiger partial charge >= 0.3 is 0 Å². The van der Waals surface area contributed by atoms with Gasteiger partial charge in [-0.3, -0.25) is 19.7 Å². The van der Waals surface area contributed by atoms with E-state index >= 15 is 0 Å². The van der Waals surface area contributed by atoms with E-state index in [0.717, 1.165) is 5.56 Å². The van der Waals surface area contributed by atoms with Crippen LogP contribution in [0.25, 0.3) is 0 Å². The molecule has 0 spiro atoms. The molecule has 192 valence electrons. The van der Waals surface area contributed by atoms with Crippen LogP contribution in [0.1, 0.15) is 54.9 Å². The van der Waals surface area contributed by atoms with E-state index < -0.39 is 4.92 Å². The molecule has 1 aliphatic heterocycles. The molecule has 2 amide bonds. The molecule has 1 saturated heterocycles. The van der Waals surface area contributed by atoms with Crippen LogP contribution in [0.5, 0.6) is 0 Å². The van der Waals surface area contributed by atoms with Crippen LogP contribution in [0.2, 0.25) is 0 Å². The molecule has 0 bridgehead atoms. The van der Waals surface area contributed by atoms with Gasteiger partial charge in [-0.25, -0.2) is 0 Å². The molecule has 2 fully saturated rings. The zero-order chi connectivity index (χ0) is 25.7. The van der Waals surface area contributed by atoms with Gasteiger partial charge in [0.2, 0.25) is 5.91 Å². The Morgan fingerprint density at radius 2 is 1.69 bits per heavy atom. The van der Waals surface area contributed by atoms with Gasteiger partial charge < -0.3 is 20.0 Å². The number of nitrogens with zero attached hydrogens (tertiary/aromatic N) is 4. The molecule has 1 saturated carbocycles. The highest BCUT2D eigenvalue weighted by Gasteiger charge is 2.26. The highest BCUT2D eigenvalue weighted by molar-refractivity contribution is 5.95. The number of nitro groups is 1. The van der Waals surface area contributed by atoms with Gasteiger partial charge in [-0.1, -0.05) is 31.4 Å². The standard InChI is InChI=1S/C27H35N5O4/c1-20(33)30-14-16-31(17-15-30)25-13-10-22(18-26(25)32(35)36)27(34)28-19-21-8-11-24(12-9-21)29(2)23-6-4-3-5-7-23/h8-13,18,23H,3-7,14-17,19H2,1-2H3,(H,28,34). The number of carbonyl (C=O) groups excluding carboxylic acids is 2. The highest BCUT2D eigenvalue weighted by atomic mass is 16.6. The highest BCUT2D eigenvalue weighted by Crippen LogP contribution is 2.30. The lowest BCUT2D eigenvalue weighted by molar-refractivity contribution is -0.384. The predicted molar refractivity (Wildman–Crippen MR) is 140 cm³/mol. The maximum absolute atomic E-state index is 12.8. The zero-order valence-electron chi connectivity index (χ0n) is 21.1. The third-order valence-electron chi connectivity index (χ3n) is 7.42. The van der Waals surface area contributed by atoms with Gasteiger partial charge in [0.25, 0.3) is 11.6 Å². The average Bonchev–Trinajstić information content (AvgIpc) is 2.91. The van der Waals surface area contributed by atoms with Crippen LogP contribution >= 0.6 is 0 Å². The van der Waals surface area contributed by atoms with Crippen molar-refractivity contribution in [1.82, 2.24) is 10.2 Å². The van der Waals surface area contributed by atoms with Crippen molar-refractivity contribution < 1.29 is 14.5 Å². The molecule has 0 aromatic heterocycles. The number of anilines is 2. The lowest BCUT2D eigenvalue weighted by Gasteiger charge is -2.35. The van der Waals surface area contributed by atoms with E-state index in [1.54, 1.807) is 17.0 Å². The second kappa shape index (κ2) is 11.4. The largest absolute Gasteiger partial charge is 0.372 e. The number of hydrogen-bond acceptors (Lipinski definition) is 6. The molecule has 0 radical (unpaired) electrons. The van der Waals surface area contributed by atoms with Crippen LogP contribution in [0.15, 0.2) is 42.5 Å². The minimum Gasteiger partial charge on any atom is -0.372 e. The molecule has 0 unspecified atom stereocenters. The van der Waals surface area contributed by atoms with Gasteiger partial charge in [0, 0.05) is 70.1 Å². The van der Waals surface area contributed by atoms with Crippen molar-refractivity contribution >= 4 is 28.9 Å². The first-order valence-electron chi connectivity index (χ1n) is 12.7. The Hall–Kier alpha value is -3.62. The first-order valence-corrected chi connectivity index (χ1v) is 12.7. The third-order valence-corrected chi connectivity index (χ3v) is 7.42. The molecule has 9 nitrogen and oxygen atoms in total. The summed E-state index contributed by atoms with van der Waals surface area (Å²) in [5.41, 5.74) is 2.76. The van der Waals surface area contributed by atoms with Crippen LogP contribution in [0.3, 0.4) is 0 Å². The van der Waals surface area contributed by atoms with Crippen molar-refractivity contribution in [3.63, 3.8) is 0 Å². The van der Waals surface area contributed by atoms with Crippen LogP contribution in [0.4, 0.5) is 17.1 Å². The summed E-state index contributed by atoms with van der Waals surface area (Å²) in [4.78, 5) is 41.6. The van der Waals surface area contributed by atoms with E-state index in [0.29, 0.717) is 44.5 Å². The molecule has 4 rings (SSSR count). The maximum atomic E-state index is 12.8. The number of piperazine rings is 1. The van der Waals surface area contributed by atoms with Crippen molar-refractivity contribution in [3.8, 4) is 0 Å². The summed E-state index contributed by atoms with van der Waals surface area (Å²) in [5, 5.41) is 14.6. The van der Waals surface area contributed by atoms with Gasteiger partial charge in [-0.05, 0) is 42.7 Å². The Balaban J connectivity index is 1.37. The fourth-order valence-corrected chi connectivity index (χ4v) is 5.15. The lowest BCUT2D eigenvalue weighted by Crippen LogP contribution is -2.48. The fraction of sp³-hybridized carbons (Fsp3) is 0.481. The summed E-state index contributed by atoms with van der Waals surface area (Å²) < 4.78 is 0. The Morgan fingerprint density at radius 1 is 1.03 bits per heavy atom. The van der Waals surface area contributed by atoms with E-state index in [4.69, 9.17) is 0 Å². The molecule has 1 aliphatic carbocycles. The number of amides is 2. The summed E-state index contributed by atoms with van der Waals surface area (Å²) in [5.74, 6) is -0.350. The molecule has 2 aromatic carbocycles. The Morgan fingerprint density at radius 3 is 2.31 bits per heavy atom. The van der Waals surface area contributed by atoms with Crippen LogP contribution in [0, 0.1) is 10.1 Å². The zero-order valence-corrected chi connectivity index (χ0v) is 21.1. The van der Waals surface area contributed by atoms with E-state index in [1.165, 1.54) is 50.8 Å². The smallest absolute Gasteiger partial charge is 0.293 e. The monoisotopic (exact) mass is 493 g/mol. The van der Waals surface area contributed by atoms with Crippen molar-refractivity contribution in [2.45, 2.75) is 51.6 Å². The minimum atomic E-state index is -0.453. The fourth-order valence-electron chi connectivity index (χ4n) is 5.15. The number of carbonyl (C=O) groups is 2. The average molecular weight is 494 g/mol. The number of rotatable bonds is 7. The minimum absolute atomic E-state index is 0.00190. The summed E-state index contributed by atoms with van der Waals surface area (Å²) in [6.45, 7) is 3.92. The first-order chi connectivity index (χ1) is 17.3. The molecular formula is C27H35N5O4. The van der Waals surface area contributed by atoms with Gasteiger partial charge in [-0.2, -0.15) is 0 Å². The second-order valence-corrected chi connectivity index (χ2v) is 9.71. The van der Waals surface area contributed by atoms with Crippen molar-refractivity contribution in [2.75, 3.05) is 43.0 Å². The van der Waals surface area contributed by atoms with E-state index in [9.17, 15) is 19.7 Å². The topological polar surface area (TPSA) is 99.0 Å². The van der Waals surface area contributed by atoms with Crippen LogP contribution in [-0.2, 0) is 11.3 Å². The summed E-state index contributed by atoms with van der Waals surface area (Å²) >= 11 is 0. The molecule has 1 heterocycles. The van der Waals surface area contributed by atoms with Gasteiger partial charge in [-0.15, -0.1) is 0 Å². The Labute approximate surface area is 212 Å². The van der Waals surface area contributed by atoms with E-state index in [-0.39, 0.29) is 23.1 Å². The SMILES string of the molecule is CC(=O)N1CCN(c2ccc(C(=O)NCc3ccc(N(C)C4CCCCC4)cc3)cc2[N+](=O)[O-])CC1. The van der Waals surface area contributed by atoms with E-state index in [2.05, 4.69) is 29.4 Å². The number of nitrogens with one attached hydrogen (secondary N) is 1. The van der Waals surface area contributed by atoms with Crippen LogP contribution < -0.4 is 15.1 Å². The molecule has 2 aliphatic rings. The predicted octanol–water partition coefficient (Wildman–Crippen LogP) is 3.96. The Bertz CT molecular complexity index is 1090. The summed E-state index contributed by atoms with van der Waals surface area (Å²) in [6, 6.07) is 13.4.